The van der Waals surface area contributed by atoms with E-state index in [-0.39, 0.29) is 5.54 Å². The highest BCUT2D eigenvalue weighted by Gasteiger charge is 2.39. The van der Waals surface area contributed by atoms with Crippen LogP contribution in [0.4, 0.5) is 0 Å². The minimum absolute atomic E-state index is 0.274. The van der Waals surface area contributed by atoms with Crippen LogP contribution in [-0.4, -0.2) is 43.3 Å². The largest absolute Gasteiger partial charge is 0.381 e. The monoisotopic (exact) mass is 268 g/mol. The summed E-state index contributed by atoms with van der Waals surface area (Å²) in [5.74, 6) is 1.56. The molecular weight excluding hydrogens is 236 g/mol. The topological polar surface area (TPSA) is 38.5 Å². The van der Waals surface area contributed by atoms with E-state index < -0.39 is 0 Å². The van der Waals surface area contributed by atoms with Gasteiger partial charge in [-0.3, -0.25) is 4.90 Å². The molecule has 2 fully saturated rings. The Labute approximate surface area is 118 Å². The first-order valence-electron chi connectivity index (χ1n) is 8.23. The van der Waals surface area contributed by atoms with Gasteiger partial charge in [-0.2, -0.15) is 0 Å². The predicted molar refractivity (Wildman–Crippen MR) is 80.2 cm³/mol. The third-order valence-corrected chi connectivity index (χ3v) is 5.11. The van der Waals surface area contributed by atoms with Gasteiger partial charge >= 0.3 is 0 Å². The smallest absolute Gasteiger partial charge is 0.0507 e. The SMILES string of the molecule is CCCN(CC1CCOC1)C1(CN)CCCC(C)C1. The molecule has 0 aromatic rings. The van der Waals surface area contributed by atoms with Crippen molar-refractivity contribution < 1.29 is 4.74 Å². The van der Waals surface area contributed by atoms with Gasteiger partial charge in [-0.1, -0.05) is 26.7 Å². The van der Waals surface area contributed by atoms with Gasteiger partial charge in [0, 0.05) is 25.2 Å². The van der Waals surface area contributed by atoms with Crippen LogP contribution in [0.5, 0.6) is 0 Å². The van der Waals surface area contributed by atoms with Crippen LogP contribution in [0, 0.1) is 11.8 Å². The number of nitrogens with zero attached hydrogens (tertiary/aromatic N) is 1. The zero-order valence-electron chi connectivity index (χ0n) is 12.9. The highest BCUT2D eigenvalue weighted by Crippen LogP contribution is 2.37. The Hall–Kier alpha value is -0.120. The van der Waals surface area contributed by atoms with Crippen molar-refractivity contribution in [3.05, 3.63) is 0 Å². The van der Waals surface area contributed by atoms with E-state index in [1.807, 2.05) is 0 Å². The van der Waals surface area contributed by atoms with Crippen molar-refractivity contribution in [3.63, 3.8) is 0 Å². The fraction of sp³-hybridized carbons (Fsp3) is 1.00. The molecule has 2 aliphatic rings. The number of rotatable bonds is 6. The van der Waals surface area contributed by atoms with Crippen LogP contribution in [0.1, 0.15) is 52.4 Å². The lowest BCUT2D eigenvalue weighted by Gasteiger charge is -2.48. The van der Waals surface area contributed by atoms with Crippen molar-refractivity contribution in [2.24, 2.45) is 17.6 Å². The second kappa shape index (κ2) is 7.05. The van der Waals surface area contributed by atoms with E-state index in [1.165, 1.54) is 51.6 Å². The third-order valence-electron chi connectivity index (χ3n) is 5.11. The molecule has 3 atom stereocenters. The van der Waals surface area contributed by atoms with E-state index >= 15 is 0 Å². The number of hydrogen-bond donors (Lipinski definition) is 1. The predicted octanol–water partition coefficient (Wildman–Crippen LogP) is 2.64. The summed E-state index contributed by atoms with van der Waals surface area (Å²) in [6, 6.07) is 0. The molecule has 1 saturated carbocycles. The average Bonchev–Trinajstić information content (AvgIpc) is 2.91. The van der Waals surface area contributed by atoms with Gasteiger partial charge < -0.3 is 10.5 Å². The summed E-state index contributed by atoms with van der Waals surface area (Å²) < 4.78 is 5.55. The van der Waals surface area contributed by atoms with Crippen LogP contribution < -0.4 is 5.73 Å². The van der Waals surface area contributed by atoms with E-state index in [0.717, 1.165) is 31.6 Å². The molecule has 3 heteroatoms. The Morgan fingerprint density at radius 1 is 1.37 bits per heavy atom. The fourth-order valence-corrected chi connectivity index (χ4v) is 4.07. The van der Waals surface area contributed by atoms with E-state index in [1.54, 1.807) is 0 Å². The Morgan fingerprint density at radius 2 is 2.21 bits per heavy atom. The molecule has 0 bridgehead atoms. The van der Waals surface area contributed by atoms with Crippen molar-refractivity contribution in [1.82, 2.24) is 4.90 Å². The van der Waals surface area contributed by atoms with Gasteiger partial charge in [-0.25, -0.2) is 0 Å². The molecule has 0 aromatic carbocycles. The third kappa shape index (κ3) is 3.71. The molecule has 112 valence electrons. The summed E-state index contributed by atoms with van der Waals surface area (Å²) in [7, 11) is 0. The van der Waals surface area contributed by atoms with Crippen molar-refractivity contribution in [2.75, 3.05) is 32.8 Å². The minimum atomic E-state index is 0.274. The molecular formula is C16H32N2O. The normalized spacial score (nSPS) is 36.0. The number of hydrogen-bond acceptors (Lipinski definition) is 3. The molecule has 19 heavy (non-hydrogen) atoms. The zero-order chi connectivity index (χ0) is 13.7. The van der Waals surface area contributed by atoms with Crippen molar-refractivity contribution in [1.29, 1.82) is 0 Å². The Balaban J connectivity index is 2.04. The maximum atomic E-state index is 6.23. The van der Waals surface area contributed by atoms with Crippen LogP contribution in [-0.2, 0) is 4.74 Å². The Bertz CT molecular complexity index is 265. The summed E-state index contributed by atoms with van der Waals surface area (Å²) in [4.78, 5) is 2.72. The summed E-state index contributed by atoms with van der Waals surface area (Å²) in [5, 5.41) is 0. The molecule has 1 aliphatic heterocycles. The quantitative estimate of drug-likeness (QED) is 0.805. The molecule has 1 heterocycles. The maximum absolute atomic E-state index is 6.23. The van der Waals surface area contributed by atoms with E-state index in [2.05, 4.69) is 18.7 Å². The van der Waals surface area contributed by atoms with Crippen LogP contribution in [0.15, 0.2) is 0 Å². The van der Waals surface area contributed by atoms with Gasteiger partial charge in [0.05, 0.1) is 6.61 Å². The summed E-state index contributed by atoms with van der Waals surface area (Å²) in [5.41, 5.74) is 6.51. The van der Waals surface area contributed by atoms with E-state index in [0.29, 0.717) is 0 Å². The van der Waals surface area contributed by atoms with Crippen LogP contribution in [0.3, 0.4) is 0 Å². The lowest BCUT2D eigenvalue weighted by Crippen LogP contribution is -2.57. The first-order valence-corrected chi connectivity index (χ1v) is 8.23. The van der Waals surface area contributed by atoms with Gasteiger partial charge in [-0.15, -0.1) is 0 Å². The number of ether oxygens (including phenoxy) is 1. The Morgan fingerprint density at radius 3 is 2.79 bits per heavy atom. The van der Waals surface area contributed by atoms with E-state index in [4.69, 9.17) is 10.5 Å². The lowest BCUT2D eigenvalue weighted by molar-refractivity contribution is 0.0248. The molecule has 3 unspecified atom stereocenters. The van der Waals surface area contributed by atoms with Crippen LogP contribution in [0.25, 0.3) is 0 Å². The van der Waals surface area contributed by atoms with Gasteiger partial charge in [0.2, 0.25) is 0 Å². The zero-order valence-corrected chi connectivity index (χ0v) is 12.9. The van der Waals surface area contributed by atoms with Gasteiger partial charge in [0.15, 0.2) is 0 Å². The lowest BCUT2D eigenvalue weighted by atomic mass is 9.74. The minimum Gasteiger partial charge on any atom is -0.381 e. The molecule has 3 nitrogen and oxygen atoms in total. The summed E-state index contributed by atoms with van der Waals surface area (Å²) in [6.45, 7) is 9.80. The first-order chi connectivity index (χ1) is 9.20. The van der Waals surface area contributed by atoms with Gasteiger partial charge in [0.1, 0.15) is 0 Å². The van der Waals surface area contributed by atoms with Crippen molar-refractivity contribution in [2.45, 2.75) is 57.9 Å². The molecule has 1 aliphatic carbocycles. The van der Waals surface area contributed by atoms with Gasteiger partial charge in [-0.05, 0) is 44.1 Å². The molecule has 0 aromatic heterocycles. The second-order valence-corrected chi connectivity index (χ2v) is 6.81. The standard InChI is InChI=1S/C16H32N2O/c1-3-8-18(11-15-6-9-19-12-15)16(13-17)7-4-5-14(2)10-16/h14-15H,3-13,17H2,1-2H3. The van der Waals surface area contributed by atoms with E-state index in [9.17, 15) is 0 Å². The highest BCUT2D eigenvalue weighted by molar-refractivity contribution is 4.96. The first kappa shape index (κ1) is 15.3. The molecule has 0 spiro atoms. The summed E-state index contributed by atoms with van der Waals surface area (Å²) in [6.07, 6.45) is 7.77. The van der Waals surface area contributed by atoms with Gasteiger partial charge in [0.25, 0.3) is 0 Å². The van der Waals surface area contributed by atoms with Crippen LogP contribution in [0.2, 0.25) is 0 Å². The second-order valence-electron chi connectivity index (χ2n) is 6.81. The molecule has 0 amide bonds. The molecule has 2 N–H and O–H groups in total. The fourth-order valence-electron chi connectivity index (χ4n) is 4.07. The summed E-state index contributed by atoms with van der Waals surface area (Å²) >= 11 is 0. The Kier molecular flexibility index (Phi) is 5.67. The molecule has 2 rings (SSSR count). The molecule has 0 radical (unpaired) electrons. The average molecular weight is 268 g/mol. The number of nitrogens with two attached hydrogens (primary N) is 1. The van der Waals surface area contributed by atoms with Crippen molar-refractivity contribution in [3.8, 4) is 0 Å². The van der Waals surface area contributed by atoms with Crippen molar-refractivity contribution >= 4 is 0 Å². The maximum Gasteiger partial charge on any atom is 0.0507 e. The highest BCUT2D eigenvalue weighted by atomic mass is 16.5. The molecule has 1 saturated heterocycles. The van der Waals surface area contributed by atoms with Crippen LogP contribution >= 0.6 is 0 Å².